The third-order valence-corrected chi connectivity index (χ3v) is 3.78. The van der Waals surface area contributed by atoms with E-state index in [9.17, 15) is 8.42 Å². The zero-order chi connectivity index (χ0) is 11.8. The fourth-order valence-electron chi connectivity index (χ4n) is 1.98. The molecule has 8 heteroatoms. The molecule has 3 N–H and O–H groups in total. The van der Waals surface area contributed by atoms with Gasteiger partial charge in [-0.25, -0.2) is 10.1 Å². The van der Waals surface area contributed by atoms with Gasteiger partial charge in [0.1, 0.15) is 5.82 Å². The largest absolute Gasteiger partial charge is 0.277 e. The fourth-order valence-corrected chi connectivity index (χ4v) is 2.91. The molecule has 0 radical (unpaired) electrons. The number of rotatable bonds is 2. The van der Waals surface area contributed by atoms with E-state index in [-0.39, 0.29) is 6.04 Å². The fraction of sp³-hybridized carbons (Fsp3) is 0.750. The van der Waals surface area contributed by atoms with Gasteiger partial charge in [-0.2, -0.15) is 17.8 Å². The van der Waals surface area contributed by atoms with Gasteiger partial charge < -0.3 is 0 Å². The van der Waals surface area contributed by atoms with Crippen LogP contribution < -0.4 is 5.14 Å². The molecule has 90 valence electrons. The minimum absolute atomic E-state index is 0.325. The highest BCUT2D eigenvalue weighted by Crippen LogP contribution is 2.29. The van der Waals surface area contributed by atoms with Crippen LogP contribution in [0.4, 0.5) is 0 Å². The molecule has 1 aromatic heterocycles. The summed E-state index contributed by atoms with van der Waals surface area (Å²) < 4.78 is 24.1. The van der Waals surface area contributed by atoms with Crippen molar-refractivity contribution in [2.45, 2.75) is 32.2 Å². The van der Waals surface area contributed by atoms with Gasteiger partial charge in [-0.1, -0.05) is 6.42 Å². The third kappa shape index (κ3) is 2.23. The van der Waals surface area contributed by atoms with Gasteiger partial charge >= 0.3 is 0 Å². The number of nitrogens with zero attached hydrogens (tertiary/aromatic N) is 3. The number of nitrogens with two attached hydrogens (primary N) is 1. The molecule has 0 bridgehead atoms. The standard InChI is InChI=1S/C8H15N5O2S/c1-6-10-8(12-11-6)7-4-2-3-5-13(7)16(9,14)15/h7H,2-5H2,1H3,(H2,9,14,15)(H,10,11,12). The minimum atomic E-state index is -3.67. The maximum atomic E-state index is 11.4. The Morgan fingerprint density at radius 3 is 2.81 bits per heavy atom. The Labute approximate surface area is 94.2 Å². The number of H-pyrrole nitrogens is 1. The Kier molecular flexibility index (Phi) is 2.96. The third-order valence-electron chi connectivity index (χ3n) is 2.69. The molecule has 1 unspecified atom stereocenters. The van der Waals surface area contributed by atoms with Crippen LogP contribution in [0.1, 0.15) is 37.0 Å². The summed E-state index contributed by atoms with van der Waals surface area (Å²) in [6, 6.07) is -0.325. The number of nitrogens with one attached hydrogen (secondary N) is 1. The van der Waals surface area contributed by atoms with Crippen LogP contribution in [0.25, 0.3) is 0 Å². The molecule has 2 heterocycles. The normalized spacial score (nSPS) is 23.5. The van der Waals surface area contributed by atoms with Crippen molar-refractivity contribution in [1.82, 2.24) is 19.5 Å². The van der Waals surface area contributed by atoms with Crippen LogP contribution in [-0.2, 0) is 10.2 Å². The topological polar surface area (TPSA) is 105 Å². The Balaban J connectivity index is 2.30. The molecule has 1 aromatic rings. The Hall–Kier alpha value is -0.990. The van der Waals surface area contributed by atoms with E-state index >= 15 is 0 Å². The number of aryl methyl sites for hydroxylation is 1. The average molecular weight is 245 g/mol. The SMILES string of the molecule is Cc1nc(C2CCCCN2S(N)(=O)=O)n[nH]1. The van der Waals surface area contributed by atoms with E-state index < -0.39 is 10.2 Å². The van der Waals surface area contributed by atoms with E-state index in [2.05, 4.69) is 15.2 Å². The van der Waals surface area contributed by atoms with Crippen molar-refractivity contribution in [3.63, 3.8) is 0 Å². The van der Waals surface area contributed by atoms with Crippen LogP contribution in [0.5, 0.6) is 0 Å². The molecule has 1 fully saturated rings. The first kappa shape index (κ1) is 11.5. The number of aromatic amines is 1. The van der Waals surface area contributed by atoms with E-state index in [1.807, 2.05) is 0 Å². The van der Waals surface area contributed by atoms with Gasteiger partial charge in [0.25, 0.3) is 10.2 Å². The first-order valence-electron chi connectivity index (χ1n) is 5.17. The lowest BCUT2D eigenvalue weighted by molar-refractivity contribution is 0.247. The minimum Gasteiger partial charge on any atom is -0.263 e. The maximum absolute atomic E-state index is 11.4. The van der Waals surface area contributed by atoms with Gasteiger partial charge in [0.15, 0.2) is 5.82 Å². The van der Waals surface area contributed by atoms with Crippen LogP contribution in [0.3, 0.4) is 0 Å². The van der Waals surface area contributed by atoms with E-state index in [1.165, 1.54) is 4.31 Å². The molecule has 1 aliphatic heterocycles. The lowest BCUT2D eigenvalue weighted by atomic mass is 10.0. The van der Waals surface area contributed by atoms with Gasteiger partial charge in [0, 0.05) is 6.54 Å². The molecule has 0 aromatic carbocycles. The number of aromatic nitrogens is 3. The van der Waals surface area contributed by atoms with E-state index in [0.29, 0.717) is 24.6 Å². The number of piperidine rings is 1. The Bertz CT molecular complexity index is 469. The summed E-state index contributed by atoms with van der Waals surface area (Å²) in [5.41, 5.74) is 0. The quantitative estimate of drug-likeness (QED) is 0.755. The van der Waals surface area contributed by atoms with Crippen molar-refractivity contribution in [2.75, 3.05) is 6.54 Å². The molecule has 16 heavy (non-hydrogen) atoms. The molecular weight excluding hydrogens is 230 g/mol. The molecule has 0 aliphatic carbocycles. The summed E-state index contributed by atoms with van der Waals surface area (Å²) in [6.45, 7) is 2.22. The lowest BCUT2D eigenvalue weighted by Gasteiger charge is -2.31. The molecule has 1 atom stereocenters. The summed E-state index contributed by atoms with van der Waals surface area (Å²) in [5, 5.41) is 11.9. The van der Waals surface area contributed by atoms with Gasteiger partial charge in [0.2, 0.25) is 0 Å². The summed E-state index contributed by atoms with van der Waals surface area (Å²) in [6.07, 6.45) is 2.51. The van der Waals surface area contributed by atoms with Crippen LogP contribution in [0, 0.1) is 6.92 Å². The first-order valence-corrected chi connectivity index (χ1v) is 6.67. The molecule has 1 aliphatic rings. The van der Waals surface area contributed by atoms with Crippen molar-refractivity contribution in [1.29, 1.82) is 0 Å². The second-order valence-electron chi connectivity index (χ2n) is 3.95. The van der Waals surface area contributed by atoms with Gasteiger partial charge in [0.05, 0.1) is 6.04 Å². The van der Waals surface area contributed by atoms with Crippen LogP contribution in [0.15, 0.2) is 0 Å². The highest BCUT2D eigenvalue weighted by Gasteiger charge is 2.33. The average Bonchev–Trinajstić information content (AvgIpc) is 2.64. The molecule has 1 saturated heterocycles. The second kappa shape index (κ2) is 4.11. The molecular formula is C8H15N5O2S. The van der Waals surface area contributed by atoms with Gasteiger partial charge in [-0.15, -0.1) is 0 Å². The van der Waals surface area contributed by atoms with E-state index in [0.717, 1.165) is 12.8 Å². The molecule has 0 saturated carbocycles. The first-order chi connectivity index (χ1) is 7.48. The van der Waals surface area contributed by atoms with Crippen molar-refractivity contribution in [2.24, 2.45) is 5.14 Å². The van der Waals surface area contributed by atoms with Crippen LogP contribution in [0.2, 0.25) is 0 Å². The zero-order valence-corrected chi connectivity index (χ0v) is 9.87. The lowest BCUT2D eigenvalue weighted by Crippen LogP contribution is -2.42. The van der Waals surface area contributed by atoms with Crippen molar-refractivity contribution in [3.05, 3.63) is 11.6 Å². The number of hydrogen-bond acceptors (Lipinski definition) is 4. The molecule has 7 nitrogen and oxygen atoms in total. The van der Waals surface area contributed by atoms with E-state index in [1.54, 1.807) is 6.92 Å². The summed E-state index contributed by atoms with van der Waals surface area (Å²) in [7, 11) is -3.67. The summed E-state index contributed by atoms with van der Waals surface area (Å²) in [5.74, 6) is 1.18. The maximum Gasteiger partial charge on any atom is 0.277 e. The monoisotopic (exact) mass is 245 g/mol. The molecule has 2 rings (SSSR count). The Morgan fingerprint density at radius 1 is 1.50 bits per heavy atom. The predicted molar refractivity (Wildman–Crippen MR) is 57.5 cm³/mol. The Morgan fingerprint density at radius 2 is 2.25 bits per heavy atom. The van der Waals surface area contributed by atoms with Gasteiger partial charge in [-0.05, 0) is 19.8 Å². The van der Waals surface area contributed by atoms with Crippen molar-refractivity contribution >= 4 is 10.2 Å². The smallest absolute Gasteiger partial charge is 0.263 e. The van der Waals surface area contributed by atoms with Crippen molar-refractivity contribution < 1.29 is 8.42 Å². The van der Waals surface area contributed by atoms with E-state index in [4.69, 9.17) is 5.14 Å². The van der Waals surface area contributed by atoms with Crippen LogP contribution in [-0.4, -0.2) is 34.4 Å². The molecule has 0 amide bonds. The number of hydrogen-bond donors (Lipinski definition) is 2. The second-order valence-corrected chi connectivity index (χ2v) is 5.45. The van der Waals surface area contributed by atoms with Crippen molar-refractivity contribution in [3.8, 4) is 0 Å². The summed E-state index contributed by atoms with van der Waals surface area (Å²) in [4.78, 5) is 4.17. The highest BCUT2D eigenvalue weighted by molar-refractivity contribution is 7.86. The van der Waals surface area contributed by atoms with Crippen LogP contribution >= 0.6 is 0 Å². The highest BCUT2D eigenvalue weighted by atomic mass is 32.2. The predicted octanol–water partition coefficient (Wildman–Crippen LogP) is -0.156. The summed E-state index contributed by atoms with van der Waals surface area (Å²) >= 11 is 0. The zero-order valence-electron chi connectivity index (χ0n) is 9.05. The molecule has 0 spiro atoms. The van der Waals surface area contributed by atoms with Gasteiger partial charge in [-0.3, -0.25) is 5.10 Å².